The first kappa shape index (κ1) is 15.2. The van der Waals surface area contributed by atoms with Gasteiger partial charge >= 0.3 is 6.03 Å². The average Bonchev–Trinajstić information content (AvgIpc) is 2.40. The summed E-state index contributed by atoms with van der Waals surface area (Å²) in [4.78, 5) is 11.3. The van der Waals surface area contributed by atoms with E-state index in [9.17, 15) is 9.18 Å². The van der Waals surface area contributed by atoms with E-state index >= 15 is 0 Å². The van der Waals surface area contributed by atoms with Crippen molar-refractivity contribution in [1.82, 2.24) is 10.6 Å². The zero-order valence-corrected chi connectivity index (χ0v) is 11.2. The van der Waals surface area contributed by atoms with Gasteiger partial charge in [0.05, 0.1) is 13.2 Å². The molecule has 0 aromatic heterocycles. The molecule has 0 spiro atoms. The first-order valence-electron chi connectivity index (χ1n) is 6.09. The average molecular weight is 270 g/mol. The smallest absolute Gasteiger partial charge is 0.315 e. The zero-order chi connectivity index (χ0) is 14.1. The Hall–Kier alpha value is -1.82. The molecule has 1 aromatic rings. The number of hydrogen-bond acceptors (Lipinski definition) is 3. The lowest BCUT2D eigenvalue weighted by Crippen LogP contribution is -2.36. The van der Waals surface area contributed by atoms with Gasteiger partial charge in [0, 0.05) is 20.2 Å². The van der Waals surface area contributed by atoms with Crippen molar-refractivity contribution in [3.05, 3.63) is 29.6 Å². The number of halogens is 1. The van der Waals surface area contributed by atoms with Crippen LogP contribution in [0.25, 0.3) is 0 Å². The van der Waals surface area contributed by atoms with Crippen LogP contribution in [0.2, 0.25) is 0 Å². The number of carbonyl (C=O) groups is 1. The third-order valence-corrected chi connectivity index (χ3v) is 2.34. The van der Waals surface area contributed by atoms with Gasteiger partial charge in [0.1, 0.15) is 0 Å². The van der Waals surface area contributed by atoms with Crippen molar-refractivity contribution in [3.8, 4) is 5.75 Å². The highest BCUT2D eigenvalue weighted by molar-refractivity contribution is 5.73. The summed E-state index contributed by atoms with van der Waals surface area (Å²) in [5, 5.41) is 5.23. The molecule has 0 radical (unpaired) electrons. The van der Waals surface area contributed by atoms with Gasteiger partial charge in [0.15, 0.2) is 11.6 Å². The zero-order valence-electron chi connectivity index (χ0n) is 11.2. The molecule has 0 aliphatic carbocycles. The molecule has 1 aromatic carbocycles. The van der Waals surface area contributed by atoms with Gasteiger partial charge in [-0.25, -0.2) is 9.18 Å². The van der Waals surface area contributed by atoms with Crippen LogP contribution in [0, 0.1) is 5.82 Å². The van der Waals surface area contributed by atoms with Crippen LogP contribution in [0.15, 0.2) is 18.2 Å². The van der Waals surface area contributed by atoms with E-state index in [0.29, 0.717) is 25.3 Å². The van der Waals surface area contributed by atoms with Gasteiger partial charge in [-0.2, -0.15) is 0 Å². The van der Waals surface area contributed by atoms with E-state index in [1.54, 1.807) is 26.2 Å². The lowest BCUT2D eigenvalue weighted by molar-refractivity contribution is 0.196. The van der Waals surface area contributed by atoms with Gasteiger partial charge < -0.3 is 20.1 Å². The molecule has 0 fully saturated rings. The molecule has 0 aliphatic heterocycles. The van der Waals surface area contributed by atoms with E-state index in [0.717, 1.165) is 0 Å². The van der Waals surface area contributed by atoms with Crippen molar-refractivity contribution in [2.45, 2.75) is 13.5 Å². The Morgan fingerprint density at radius 1 is 1.37 bits per heavy atom. The normalized spacial score (nSPS) is 10.1. The van der Waals surface area contributed by atoms with Crippen LogP contribution < -0.4 is 15.4 Å². The van der Waals surface area contributed by atoms with Crippen molar-refractivity contribution < 1.29 is 18.7 Å². The highest BCUT2D eigenvalue weighted by Crippen LogP contribution is 2.18. The fourth-order valence-electron chi connectivity index (χ4n) is 1.44. The second kappa shape index (κ2) is 8.31. The topological polar surface area (TPSA) is 59.6 Å². The minimum atomic E-state index is -0.430. The maximum atomic E-state index is 13.5. The van der Waals surface area contributed by atoms with Crippen molar-refractivity contribution in [3.63, 3.8) is 0 Å². The molecule has 2 N–H and O–H groups in total. The van der Waals surface area contributed by atoms with Gasteiger partial charge in [-0.05, 0) is 24.6 Å². The van der Waals surface area contributed by atoms with Crippen molar-refractivity contribution in [1.29, 1.82) is 0 Å². The molecule has 106 valence electrons. The van der Waals surface area contributed by atoms with Gasteiger partial charge in [-0.15, -0.1) is 0 Å². The molecule has 1 rings (SSSR count). The van der Waals surface area contributed by atoms with E-state index in [1.807, 2.05) is 0 Å². The second-order valence-corrected chi connectivity index (χ2v) is 3.80. The molecular formula is C13H19FN2O3. The molecule has 0 saturated heterocycles. The van der Waals surface area contributed by atoms with Crippen LogP contribution in [-0.4, -0.2) is 32.9 Å². The largest absolute Gasteiger partial charge is 0.491 e. The van der Waals surface area contributed by atoms with Crippen molar-refractivity contribution in [2.24, 2.45) is 0 Å². The number of benzene rings is 1. The van der Waals surface area contributed by atoms with Crippen LogP contribution in [-0.2, 0) is 11.3 Å². The monoisotopic (exact) mass is 270 g/mol. The van der Waals surface area contributed by atoms with E-state index in [2.05, 4.69) is 10.6 Å². The first-order valence-corrected chi connectivity index (χ1v) is 6.09. The minimum Gasteiger partial charge on any atom is -0.491 e. The Bertz CT molecular complexity index is 413. The Balaban J connectivity index is 2.41. The number of nitrogens with one attached hydrogen (secondary N) is 2. The molecule has 0 unspecified atom stereocenters. The number of methoxy groups -OCH3 is 1. The molecule has 0 aliphatic rings. The van der Waals surface area contributed by atoms with E-state index in [1.165, 1.54) is 6.07 Å². The number of ether oxygens (including phenoxy) is 2. The fraction of sp³-hybridized carbons (Fsp3) is 0.462. The summed E-state index contributed by atoms with van der Waals surface area (Å²) >= 11 is 0. The number of hydrogen-bond donors (Lipinski definition) is 2. The summed E-state index contributed by atoms with van der Waals surface area (Å²) < 4.78 is 23.4. The third-order valence-electron chi connectivity index (χ3n) is 2.34. The van der Waals surface area contributed by atoms with Crippen LogP contribution in [0.3, 0.4) is 0 Å². The number of rotatable bonds is 7. The Morgan fingerprint density at radius 2 is 2.16 bits per heavy atom. The summed E-state index contributed by atoms with van der Waals surface area (Å²) in [5.41, 5.74) is 0.669. The lowest BCUT2D eigenvalue weighted by Gasteiger charge is -2.09. The molecule has 19 heavy (non-hydrogen) atoms. The second-order valence-electron chi connectivity index (χ2n) is 3.80. The summed E-state index contributed by atoms with van der Waals surface area (Å²) in [6.07, 6.45) is 0. The Labute approximate surface area is 112 Å². The number of carbonyl (C=O) groups excluding carboxylic acids is 1. The maximum Gasteiger partial charge on any atom is 0.315 e. The molecule has 6 heteroatoms. The van der Waals surface area contributed by atoms with Gasteiger partial charge in [0.2, 0.25) is 0 Å². The summed E-state index contributed by atoms with van der Waals surface area (Å²) in [6, 6.07) is 4.30. The van der Waals surface area contributed by atoms with E-state index in [4.69, 9.17) is 9.47 Å². The van der Waals surface area contributed by atoms with Gasteiger partial charge in [-0.3, -0.25) is 0 Å². The lowest BCUT2D eigenvalue weighted by atomic mass is 10.2. The predicted molar refractivity (Wildman–Crippen MR) is 69.7 cm³/mol. The summed E-state index contributed by atoms with van der Waals surface area (Å²) in [6.45, 7) is 3.34. The SMILES string of the molecule is CCOc1ccc(CNC(=O)NCCOC)cc1F. The fourth-order valence-corrected chi connectivity index (χ4v) is 1.44. The number of urea groups is 1. The third kappa shape index (κ3) is 5.56. The van der Waals surface area contributed by atoms with Crippen LogP contribution in [0.1, 0.15) is 12.5 Å². The Kier molecular flexibility index (Phi) is 6.67. The molecule has 0 heterocycles. The molecule has 0 atom stereocenters. The van der Waals surface area contributed by atoms with E-state index in [-0.39, 0.29) is 18.3 Å². The van der Waals surface area contributed by atoms with Crippen LogP contribution >= 0.6 is 0 Å². The van der Waals surface area contributed by atoms with Gasteiger partial charge in [0.25, 0.3) is 0 Å². The van der Waals surface area contributed by atoms with Gasteiger partial charge in [-0.1, -0.05) is 6.07 Å². The molecule has 0 saturated carbocycles. The predicted octanol–water partition coefficient (Wildman–Crippen LogP) is 1.67. The molecule has 0 bridgehead atoms. The first-order chi connectivity index (χ1) is 9.17. The van der Waals surface area contributed by atoms with Crippen molar-refractivity contribution in [2.75, 3.05) is 26.9 Å². The quantitative estimate of drug-likeness (QED) is 0.741. The summed E-state index contributed by atoms with van der Waals surface area (Å²) in [5.74, 6) is -0.211. The summed E-state index contributed by atoms with van der Waals surface area (Å²) in [7, 11) is 1.56. The Morgan fingerprint density at radius 3 is 2.79 bits per heavy atom. The van der Waals surface area contributed by atoms with Crippen LogP contribution in [0.4, 0.5) is 9.18 Å². The highest BCUT2D eigenvalue weighted by atomic mass is 19.1. The van der Waals surface area contributed by atoms with Crippen LogP contribution in [0.5, 0.6) is 5.75 Å². The number of amides is 2. The van der Waals surface area contributed by atoms with Crippen molar-refractivity contribution >= 4 is 6.03 Å². The maximum absolute atomic E-state index is 13.5. The molecule has 5 nitrogen and oxygen atoms in total. The standard InChI is InChI=1S/C13H19FN2O3/c1-3-19-12-5-4-10(8-11(12)14)9-16-13(17)15-6-7-18-2/h4-5,8H,3,6-7,9H2,1-2H3,(H2,15,16,17). The van der Waals surface area contributed by atoms with E-state index < -0.39 is 5.82 Å². The molecule has 2 amide bonds. The highest BCUT2D eigenvalue weighted by Gasteiger charge is 2.05. The molecular weight excluding hydrogens is 251 g/mol. The minimum absolute atomic E-state index is 0.218.